The van der Waals surface area contributed by atoms with Crippen LogP contribution in [0.3, 0.4) is 0 Å². The average Bonchev–Trinajstić information content (AvgIpc) is 2.29. The molecule has 0 aliphatic heterocycles. The molecule has 0 radical (unpaired) electrons. The highest BCUT2D eigenvalue weighted by Gasteiger charge is 2.19. The summed E-state index contributed by atoms with van der Waals surface area (Å²) in [4.78, 5) is 9.72. The van der Waals surface area contributed by atoms with E-state index in [1.165, 1.54) is 12.1 Å². The SMILES string of the molecule is NCCCNS(=O)(=O)c1ccc(Cl)c([N+](=O)[O-])c1. The fraction of sp³-hybridized carbons (Fsp3) is 0.333. The molecule has 100 valence electrons. The molecule has 0 amide bonds. The van der Waals surface area contributed by atoms with Crippen LogP contribution in [0.1, 0.15) is 6.42 Å². The average molecular weight is 294 g/mol. The second kappa shape index (κ2) is 6.10. The molecule has 0 unspecified atom stereocenters. The number of rotatable bonds is 6. The van der Waals surface area contributed by atoms with E-state index < -0.39 is 20.6 Å². The lowest BCUT2D eigenvalue weighted by atomic mass is 10.3. The third-order valence-corrected chi connectivity index (χ3v) is 3.88. The Balaban J connectivity index is 3.02. The number of nitro groups is 1. The van der Waals surface area contributed by atoms with Crippen molar-refractivity contribution in [2.45, 2.75) is 11.3 Å². The molecule has 18 heavy (non-hydrogen) atoms. The van der Waals surface area contributed by atoms with Crippen LogP contribution in [0.25, 0.3) is 0 Å². The maximum absolute atomic E-state index is 11.8. The molecule has 0 fully saturated rings. The molecule has 9 heteroatoms. The highest BCUT2D eigenvalue weighted by atomic mass is 35.5. The van der Waals surface area contributed by atoms with Crippen molar-refractivity contribution in [3.8, 4) is 0 Å². The van der Waals surface area contributed by atoms with E-state index in [0.717, 1.165) is 6.07 Å². The van der Waals surface area contributed by atoms with Crippen LogP contribution in [0, 0.1) is 10.1 Å². The first kappa shape index (κ1) is 14.8. The largest absolute Gasteiger partial charge is 0.330 e. The van der Waals surface area contributed by atoms with Gasteiger partial charge >= 0.3 is 0 Å². The van der Waals surface area contributed by atoms with E-state index >= 15 is 0 Å². The van der Waals surface area contributed by atoms with Crippen LogP contribution in [-0.4, -0.2) is 26.4 Å². The molecule has 0 saturated carbocycles. The lowest BCUT2D eigenvalue weighted by molar-refractivity contribution is -0.384. The molecule has 0 bridgehead atoms. The zero-order chi connectivity index (χ0) is 13.8. The van der Waals surface area contributed by atoms with Gasteiger partial charge in [0.2, 0.25) is 10.0 Å². The van der Waals surface area contributed by atoms with Crippen LogP contribution in [0.15, 0.2) is 23.1 Å². The van der Waals surface area contributed by atoms with Gasteiger partial charge in [-0.1, -0.05) is 11.6 Å². The summed E-state index contributed by atoms with van der Waals surface area (Å²) in [6.45, 7) is 0.526. The molecule has 1 aromatic carbocycles. The number of halogens is 1. The quantitative estimate of drug-likeness (QED) is 0.459. The summed E-state index contributed by atoms with van der Waals surface area (Å²) in [5.74, 6) is 0. The first-order chi connectivity index (χ1) is 8.38. The van der Waals surface area contributed by atoms with Crippen molar-refractivity contribution in [1.29, 1.82) is 0 Å². The number of sulfonamides is 1. The smallest absolute Gasteiger partial charge is 0.289 e. The van der Waals surface area contributed by atoms with E-state index in [4.69, 9.17) is 17.3 Å². The van der Waals surface area contributed by atoms with Gasteiger partial charge in [0.15, 0.2) is 0 Å². The number of nitrogens with zero attached hydrogens (tertiary/aromatic N) is 1. The topological polar surface area (TPSA) is 115 Å². The number of hydrogen-bond acceptors (Lipinski definition) is 5. The summed E-state index contributed by atoms with van der Waals surface area (Å²) in [5.41, 5.74) is 4.79. The van der Waals surface area contributed by atoms with Crippen molar-refractivity contribution in [2.24, 2.45) is 5.73 Å². The van der Waals surface area contributed by atoms with Gasteiger partial charge in [0, 0.05) is 12.6 Å². The summed E-state index contributed by atoms with van der Waals surface area (Å²) in [7, 11) is -3.77. The molecule has 0 saturated heterocycles. The van der Waals surface area contributed by atoms with Crippen LogP contribution in [0.4, 0.5) is 5.69 Å². The van der Waals surface area contributed by atoms with Gasteiger partial charge in [-0.15, -0.1) is 0 Å². The molecule has 0 aromatic heterocycles. The number of nitrogens with two attached hydrogens (primary N) is 1. The van der Waals surface area contributed by atoms with Gasteiger partial charge in [-0.25, -0.2) is 13.1 Å². The van der Waals surface area contributed by atoms with Gasteiger partial charge in [0.25, 0.3) is 5.69 Å². The lowest BCUT2D eigenvalue weighted by Crippen LogP contribution is -2.26. The maximum Gasteiger partial charge on any atom is 0.289 e. The van der Waals surface area contributed by atoms with E-state index in [1.807, 2.05) is 0 Å². The number of nitro benzene ring substituents is 1. The Hall–Kier alpha value is -1.22. The van der Waals surface area contributed by atoms with Gasteiger partial charge in [-0.05, 0) is 25.1 Å². The van der Waals surface area contributed by atoms with Gasteiger partial charge in [0.05, 0.1) is 9.82 Å². The van der Waals surface area contributed by atoms with Crippen LogP contribution >= 0.6 is 11.6 Å². The second-order valence-electron chi connectivity index (χ2n) is 3.41. The summed E-state index contributed by atoms with van der Waals surface area (Å²) in [6.07, 6.45) is 0.481. The summed E-state index contributed by atoms with van der Waals surface area (Å²) < 4.78 is 25.8. The van der Waals surface area contributed by atoms with E-state index in [9.17, 15) is 18.5 Å². The summed E-state index contributed by atoms with van der Waals surface area (Å²) in [6, 6.07) is 3.31. The van der Waals surface area contributed by atoms with Crippen molar-refractivity contribution >= 4 is 27.3 Å². The zero-order valence-corrected chi connectivity index (χ0v) is 10.9. The van der Waals surface area contributed by atoms with Crippen molar-refractivity contribution in [3.63, 3.8) is 0 Å². The normalized spacial score (nSPS) is 11.4. The highest BCUT2D eigenvalue weighted by molar-refractivity contribution is 7.89. The Morgan fingerprint density at radius 1 is 1.44 bits per heavy atom. The second-order valence-corrected chi connectivity index (χ2v) is 5.58. The molecule has 3 N–H and O–H groups in total. The minimum absolute atomic E-state index is 0.110. The molecule has 0 aliphatic carbocycles. The van der Waals surface area contributed by atoms with Crippen LogP contribution in [-0.2, 0) is 10.0 Å². The van der Waals surface area contributed by atoms with E-state index in [1.54, 1.807) is 0 Å². The fourth-order valence-electron chi connectivity index (χ4n) is 1.19. The van der Waals surface area contributed by atoms with Crippen LogP contribution < -0.4 is 10.5 Å². The third-order valence-electron chi connectivity index (χ3n) is 2.10. The first-order valence-electron chi connectivity index (χ1n) is 5.02. The van der Waals surface area contributed by atoms with E-state index in [0.29, 0.717) is 13.0 Å². The number of hydrogen-bond donors (Lipinski definition) is 2. The van der Waals surface area contributed by atoms with Gasteiger partial charge in [0.1, 0.15) is 5.02 Å². The Bertz CT molecular complexity index is 547. The van der Waals surface area contributed by atoms with Crippen LogP contribution in [0.5, 0.6) is 0 Å². The van der Waals surface area contributed by atoms with Gasteiger partial charge in [-0.3, -0.25) is 10.1 Å². The van der Waals surface area contributed by atoms with Gasteiger partial charge < -0.3 is 5.73 Å². The minimum Gasteiger partial charge on any atom is -0.330 e. The predicted octanol–water partition coefficient (Wildman–Crippen LogP) is 0.875. The molecule has 0 heterocycles. The molecule has 7 nitrogen and oxygen atoms in total. The molecule has 0 atom stereocenters. The Morgan fingerprint density at radius 3 is 2.67 bits per heavy atom. The molecule has 1 rings (SSSR count). The lowest BCUT2D eigenvalue weighted by Gasteiger charge is -2.06. The Morgan fingerprint density at radius 2 is 2.11 bits per heavy atom. The Labute approximate surface area is 109 Å². The Kier molecular flexibility index (Phi) is 5.03. The first-order valence-corrected chi connectivity index (χ1v) is 6.88. The fourth-order valence-corrected chi connectivity index (χ4v) is 2.47. The third kappa shape index (κ3) is 3.64. The van der Waals surface area contributed by atoms with Crippen molar-refractivity contribution in [3.05, 3.63) is 33.3 Å². The van der Waals surface area contributed by atoms with Crippen molar-refractivity contribution in [2.75, 3.05) is 13.1 Å². The molecular formula is C9H12ClN3O4S. The van der Waals surface area contributed by atoms with E-state index in [-0.39, 0.29) is 16.5 Å². The molecular weight excluding hydrogens is 282 g/mol. The highest BCUT2D eigenvalue weighted by Crippen LogP contribution is 2.26. The summed E-state index contributed by atoms with van der Waals surface area (Å²) in [5, 5.41) is 10.5. The van der Waals surface area contributed by atoms with E-state index in [2.05, 4.69) is 4.72 Å². The molecule has 1 aromatic rings. The standard InChI is InChI=1S/C9H12ClN3O4S/c10-8-3-2-7(6-9(8)13(14)15)18(16,17)12-5-1-4-11/h2-3,6,12H,1,4-5,11H2. The maximum atomic E-state index is 11.8. The number of benzene rings is 1. The van der Waals surface area contributed by atoms with Gasteiger partial charge in [-0.2, -0.15) is 0 Å². The summed E-state index contributed by atoms with van der Waals surface area (Å²) >= 11 is 5.59. The zero-order valence-electron chi connectivity index (χ0n) is 9.30. The number of nitrogens with one attached hydrogen (secondary N) is 1. The van der Waals surface area contributed by atoms with Crippen LogP contribution in [0.2, 0.25) is 5.02 Å². The minimum atomic E-state index is -3.77. The van der Waals surface area contributed by atoms with Crippen molar-refractivity contribution in [1.82, 2.24) is 4.72 Å². The molecule has 0 spiro atoms. The molecule has 0 aliphatic rings. The predicted molar refractivity (Wildman–Crippen MR) is 67.0 cm³/mol. The monoisotopic (exact) mass is 293 g/mol. The van der Waals surface area contributed by atoms with Crippen molar-refractivity contribution < 1.29 is 13.3 Å².